The van der Waals surface area contributed by atoms with Crippen LogP contribution < -0.4 is 10.2 Å². The minimum atomic E-state index is -0.659. The normalized spacial score (nSPS) is 16.8. The van der Waals surface area contributed by atoms with Crippen LogP contribution in [-0.4, -0.2) is 71.6 Å². The third-order valence-electron chi connectivity index (χ3n) is 4.46. The lowest BCUT2D eigenvalue weighted by Gasteiger charge is -2.34. The van der Waals surface area contributed by atoms with Gasteiger partial charge in [0.05, 0.1) is 0 Å². The highest BCUT2D eigenvalue weighted by atomic mass is 16.3. The van der Waals surface area contributed by atoms with Gasteiger partial charge in [-0.3, -0.25) is 9.59 Å². The van der Waals surface area contributed by atoms with Crippen LogP contribution >= 0.6 is 0 Å². The molecule has 1 atom stereocenters. The van der Waals surface area contributed by atoms with Crippen molar-refractivity contribution in [3.05, 3.63) is 42.1 Å². The monoisotopic (exact) mass is 369 g/mol. The number of hydrogen-bond acceptors (Lipinski definition) is 6. The molecule has 1 fully saturated rings. The van der Waals surface area contributed by atoms with E-state index in [1.165, 1.54) is 4.90 Å². The Labute approximate surface area is 157 Å². The number of hydrogen-bond donors (Lipinski definition) is 2. The second-order valence-electron chi connectivity index (χ2n) is 6.53. The highest BCUT2D eigenvalue weighted by Gasteiger charge is 2.33. The predicted molar refractivity (Wildman–Crippen MR) is 101 cm³/mol. The van der Waals surface area contributed by atoms with Crippen LogP contribution in [0.2, 0.25) is 0 Å². The number of amides is 2. The molecular formula is C19H23N5O3. The van der Waals surface area contributed by atoms with E-state index in [0.717, 1.165) is 11.4 Å². The van der Waals surface area contributed by atoms with Crippen LogP contribution in [0.5, 0.6) is 0 Å². The van der Waals surface area contributed by atoms with E-state index in [-0.39, 0.29) is 24.8 Å². The van der Waals surface area contributed by atoms with Crippen LogP contribution in [0.3, 0.4) is 0 Å². The van der Waals surface area contributed by atoms with Gasteiger partial charge in [-0.1, -0.05) is 12.1 Å². The molecule has 1 aromatic heterocycles. The number of nitrogens with one attached hydrogen (secondary N) is 1. The fraction of sp³-hybridized carbons (Fsp3) is 0.368. The average molecular weight is 369 g/mol. The lowest BCUT2D eigenvalue weighted by atomic mass is 10.0. The molecule has 2 aromatic rings. The van der Waals surface area contributed by atoms with Crippen molar-refractivity contribution in [3.8, 4) is 11.4 Å². The maximum Gasteiger partial charge on any atom is 0.254 e. The quantitative estimate of drug-likeness (QED) is 0.798. The summed E-state index contributed by atoms with van der Waals surface area (Å²) >= 11 is 0. The van der Waals surface area contributed by atoms with Crippen molar-refractivity contribution in [2.45, 2.75) is 12.5 Å². The van der Waals surface area contributed by atoms with Crippen molar-refractivity contribution >= 4 is 17.6 Å². The predicted octanol–water partition coefficient (Wildman–Crippen LogP) is 0.533. The average Bonchev–Trinajstić information content (AvgIpc) is 2.69. The molecule has 1 aromatic carbocycles. The summed E-state index contributed by atoms with van der Waals surface area (Å²) in [6, 6.07) is 8.22. The van der Waals surface area contributed by atoms with Gasteiger partial charge in [-0.05, 0) is 24.6 Å². The Hall–Kier alpha value is -3.00. The summed E-state index contributed by atoms with van der Waals surface area (Å²) in [5, 5.41) is 12.0. The number of rotatable bonds is 5. The molecule has 0 aliphatic carbocycles. The van der Waals surface area contributed by atoms with Gasteiger partial charge < -0.3 is 20.2 Å². The fourth-order valence-electron chi connectivity index (χ4n) is 3.06. The topological polar surface area (TPSA) is 98.7 Å². The van der Waals surface area contributed by atoms with E-state index >= 15 is 0 Å². The number of aliphatic hydroxyl groups excluding tert-OH is 1. The standard InChI is InChI=1S/C19H23N5O3/c1-23(2)16-6-8-20-17(22-16)13-4-3-5-14(12-13)19(27)24-10-9-21-18(26)15(24)7-11-25/h3-6,8,12,15,25H,7,9-11H2,1-2H3,(H,21,26)/t15-/m1/s1. The SMILES string of the molecule is CN(C)c1ccnc(-c2cccc(C(=O)N3CCNC(=O)[C@H]3CCO)c2)n1. The molecule has 2 amide bonds. The summed E-state index contributed by atoms with van der Waals surface area (Å²) < 4.78 is 0. The van der Waals surface area contributed by atoms with Gasteiger partial charge in [0.2, 0.25) is 5.91 Å². The molecule has 8 heteroatoms. The summed E-state index contributed by atoms with van der Waals surface area (Å²) in [5.74, 6) is 0.822. The zero-order chi connectivity index (χ0) is 19.4. The molecule has 0 saturated carbocycles. The number of carbonyl (C=O) groups excluding carboxylic acids is 2. The molecule has 0 bridgehead atoms. The first-order valence-corrected chi connectivity index (χ1v) is 8.81. The van der Waals surface area contributed by atoms with Gasteiger partial charge in [0, 0.05) is 51.1 Å². The third-order valence-corrected chi connectivity index (χ3v) is 4.46. The van der Waals surface area contributed by atoms with Crippen LogP contribution in [0.25, 0.3) is 11.4 Å². The van der Waals surface area contributed by atoms with Crippen LogP contribution in [0.4, 0.5) is 5.82 Å². The number of piperazine rings is 1. The Kier molecular flexibility index (Phi) is 5.66. The number of benzene rings is 1. The van der Waals surface area contributed by atoms with E-state index in [4.69, 9.17) is 0 Å². The summed E-state index contributed by atoms with van der Waals surface area (Å²) in [7, 11) is 3.80. The molecule has 1 aliphatic heterocycles. The smallest absolute Gasteiger partial charge is 0.254 e. The molecule has 0 unspecified atom stereocenters. The molecule has 1 saturated heterocycles. The molecular weight excluding hydrogens is 346 g/mol. The highest BCUT2D eigenvalue weighted by molar-refractivity contribution is 5.99. The van der Waals surface area contributed by atoms with Crippen molar-refractivity contribution in [2.75, 3.05) is 38.7 Å². The van der Waals surface area contributed by atoms with Gasteiger partial charge >= 0.3 is 0 Å². The van der Waals surface area contributed by atoms with Gasteiger partial charge in [0.15, 0.2) is 5.82 Å². The Morgan fingerprint density at radius 3 is 2.93 bits per heavy atom. The summed E-state index contributed by atoms with van der Waals surface area (Å²) in [6.07, 6.45) is 1.89. The summed E-state index contributed by atoms with van der Waals surface area (Å²) in [4.78, 5) is 37.3. The minimum Gasteiger partial charge on any atom is -0.396 e. The van der Waals surface area contributed by atoms with Crippen LogP contribution in [0, 0.1) is 0 Å². The van der Waals surface area contributed by atoms with E-state index in [1.807, 2.05) is 31.1 Å². The Morgan fingerprint density at radius 1 is 1.37 bits per heavy atom. The van der Waals surface area contributed by atoms with Crippen molar-refractivity contribution in [1.82, 2.24) is 20.2 Å². The molecule has 3 rings (SSSR count). The first-order valence-electron chi connectivity index (χ1n) is 8.81. The second-order valence-corrected chi connectivity index (χ2v) is 6.53. The first-order chi connectivity index (χ1) is 13.0. The molecule has 2 heterocycles. The van der Waals surface area contributed by atoms with Crippen molar-refractivity contribution < 1.29 is 14.7 Å². The number of carbonyl (C=O) groups is 2. The van der Waals surface area contributed by atoms with Crippen LogP contribution in [0.1, 0.15) is 16.8 Å². The van der Waals surface area contributed by atoms with E-state index in [1.54, 1.807) is 24.4 Å². The number of aromatic nitrogens is 2. The van der Waals surface area contributed by atoms with Crippen LogP contribution in [0.15, 0.2) is 36.5 Å². The number of aliphatic hydroxyl groups is 1. The molecule has 1 aliphatic rings. The van der Waals surface area contributed by atoms with Crippen LogP contribution in [-0.2, 0) is 4.79 Å². The maximum absolute atomic E-state index is 13.0. The Morgan fingerprint density at radius 2 is 2.19 bits per heavy atom. The van der Waals surface area contributed by atoms with Crippen molar-refractivity contribution in [3.63, 3.8) is 0 Å². The highest BCUT2D eigenvalue weighted by Crippen LogP contribution is 2.21. The number of anilines is 1. The van der Waals surface area contributed by atoms with Crippen molar-refractivity contribution in [2.24, 2.45) is 0 Å². The third kappa shape index (κ3) is 4.06. The molecule has 0 spiro atoms. The Balaban J connectivity index is 1.89. The molecule has 8 nitrogen and oxygen atoms in total. The largest absolute Gasteiger partial charge is 0.396 e. The zero-order valence-electron chi connectivity index (χ0n) is 15.4. The molecule has 0 radical (unpaired) electrons. The van der Waals surface area contributed by atoms with Gasteiger partial charge in [0.25, 0.3) is 5.91 Å². The molecule has 27 heavy (non-hydrogen) atoms. The van der Waals surface area contributed by atoms with E-state index in [2.05, 4.69) is 15.3 Å². The lowest BCUT2D eigenvalue weighted by Crippen LogP contribution is -2.57. The van der Waals surface area contributed by atoms with Gasteiger partial charge in [-0.2, -0.15) is 0 Å². The maximum atomic E-state index is 13.0. The first kappa shape index (κ1) is 18.8. The summed E-state index contributed by atoms with van der Waals surface area (Å²) in [5.41, 5.74) is 1.19. The minimum absolute atomic E-state index is 0.160. The van der Waals surface area contributed by atoms with Gasteiger partial charge in [-0.15, -0.1) is 0 Å². The fourth-order valence-corrected chi connectivity index (χ4v) is 3.06. The van der Waals surface area contributed by atoms with Gasteiger partial charge in [0.1, 0.15) is 11.9 Å². The number of nitrogens with zero attached hydrogens (tertiary/aromatic N) is 4. The zero-order valence-corrected chi connectivity index (χ0v) is 15.4. The molecule has 142 valence electrons. The van der Waals surface area contributed by atoms with E-state index in [9.17, 15) is 14.7 Å². The molecule has 2 N–H and O–H groups in total. The van der Waals surface area contributed by atoms with E-state index < -0.39 is 6.04 Å². The van der Waals surface area contributed by atoms with Gasteiger partial charge in [-0.25, -0.2) is 9.97 Å². The summed E-state index contributed by atoms with van der Waals surface area (Å²) in [6.45, 7) is 0.652. The lowest BCUT2D eigenvalue weighted by molar-refractivity contribution is -0.128. The Bertz CT molecular complexity index is 840. The van der Waals surface area contributed by atoms with Crippen molar-refractivity contribution in [1.29, 1.82) is 0 Å². The van der Waals surface area contributed by atoms with E-state index in [0.29, 0.717) is 24.5 Å². The second kappa shape index (κ2) is 8.13.